The summed E-state index contributed by atoms with van der Waals surface area (Å²) in [7, 11) is 4.79. The monoisotopic (exact) mass is 329 g/mol. The topological polar surface area (TPSA) is 56.8 Å². The minimum atomic E-state index is -0.126. The van der Waals surface area contributed by atoms with E-state index >= 15 is 0 Å². The van der Waals surface area contributed by atoms with Crippen LogP contribution in [0.4, 0.5) is 0 Å². The lowest BCUT2D eigenvalue weighted by atomic mass is 10.0. The quantitative estimate of drug-likeness (QED) is 0.843. The Hall–Kier alpha value is -2.69. The summed E-state index contributed by atoms with van der Waals surface area (Å²) in [6.07, 6.45) is 0.761. The minimum absolute atomic E-state index is 0.112. The first kappa shape index (κ1) is 17.7. The molecule has 1 atom stereocenters. The van der Waals surface area contributed by atoms with E-state index in [1.165, 1.54) is 0 Å². The first-order chi connectivity index (χ1) is 11.6. The van der Waals surface area contributed by atoms with Gasteiger partial charge in [-0.05, 0) is 48.4 Å². The molecule has 0 aliphatic carbocycles. The van der Waals surface area contributed by atoms with Gasteiger partial charge in [-0.2, -0.15) is 0 Å². The standard InChI is InChI=1S/C19H23NO4/c1-5-16(14-8-11-17(23-3)18(12-14)24-4)20-19(21)13-6-9-15(22-2)10-7-13/h6-12,16H,5H2,1-4H3,(H,20,21)/t16-/m0/s1. The Labute approximate surface area is 142 Å². The predicted octanol–water partition coefficient (Wildman–Crippen LogP) is 3.59. The van der Waals surface area contributed by atoms with E-state index in [1.54, 1.807) is 45.6 Å². The molecule has 0 aliphatic rings. The number of hydrogen-bond acceptors (Lipinski definition) is 4. The van der Waals surface area contributed by atoms with Crippen molar-refractivity contribution in [1.82, 2.24) is 5.32 Å². The van der Waals surface area contributed by atoms with Gasteiger partial charge in [0.2, 0.25) is 0 Å². The van der Waals surface area contributed by atoms with E-state index in [0.717, 1.165) is 17.7 Å². The molecule has 0 unspecified atom stereocenters. The second-order valence-electron chi connectivity index (χ2n) is 5.28. The number of nitrogens with one attached hydrogen (secondary N) is 1. The minimum Gasteiger partial charge on any atom is -0.497 e. The van der Waals surface area contributed by atoms with Gasteiger partial charge in [-0.1, -0.05) is 13.0 Å². The lowest BCUT2D eigenvalue weighted by Crippen LogP contribution is -2.28. The zero-order valence-electron chi connectivity index (χ0n) is 14.5. The highest BCUT2D eigenvalue weighted by Crippen LogP contribution is 2.31. The van der Waals surface area contributed by atoms with Crippen LogP contribution in [0.1, 0.15) is 35.3 Å². The number of methoxy groups -OCH3 is 3. The zero-order valence-corrected chi connectivity index (χ0v) is 14.5. The van der Waals surface area contributed by atoms with Crippen molar-refractivity contribution in [3.8, 4) is 17.2 Å². The molecule has 0 fully saturated rings. The third-order valence-corrected chi connectivity index (χ3v) is 3.88. The van der Waals surface area contributed by atoms with Crippen LogP contribution in [0.25, 0.3) is 0 Å². The molecule has 1 amide bonds. The number of hydrogen-bond donors (Lipinski definition) is 1. The number of benzene rings is 2. The molecule has 24 heavy (non-hydrogen) atoms. The third-order valence-electron chi connectivity index (χ3n) is 3.88. The lowest BCUT2D eigenvalue weighted by Gasteiger charge is -2.19. The Bertz CT molecular complexity index is 682. The number of carbonyl (C=O) groups excluding carboxylic acids is 1. The van der Waals surface area contributed by atoms with E-state index in [-0.39, 0.29) is 11.9 Å². The fourth-order valence-corrected chi connectivity index (χ4v) is 2.47. The Morgan fingerprint density at radius 1 is 0.958 bits per heavy atom. The summed E-state index contributed by atoms with van der Waals surface area (Å²) in [5.41, 5.74) is 1.56. The van der Waals surface area contributed by atoms with Crippen molar-refractivity contribution in [2.45, 2.75) is 19.4 Å². The maximum atomic E-state index is 12.5. The smallest absolute Gasteiger partial charge is 0.251 e. The van der Waals surface area contributed by atoms with Crippen LogP contribution < -0.4 is 19.5 Å². The van der Waals surface area contributed by atoms with Crippen LogP contribution in [0.3, 0.4) is 0 Å². The molecule has 5 nitrogen and oxygen atoms in total. The molecule has 0 spiro atoms. The lowest BCUT2D eigenvalue weighted by molar-refractivity contribution is 0.0935. The van der Waals surface area contributed by atoms with E-state index in [4.69, 9.17) is 14.2 Å². The van der Waals surface area contributed by atoms with Gasteiger partial charge in [0.25, 0.3) is 5.91 Å². The van der Waals surface area contributed by atoms with Crippen molar-refractivity contribution in [3.63, 3.8) is 0 Å². The van der Waals surface area contributed by atoms with Crippen molar-refractivity contribution in [2.75, 3.05) is 21.3 Å². The molecule has 0 bridgehead atoms. The maximum Gasteiger partial charge on any atom is 0.251 e. The fourth-order valence-electron chi connectivity index (χ4n) is 2.47. The Kier molecular flexibility index (Phi) is 6.07. The van der Waals surface area contributed by atoms with Gasteiger partial charge in [-0.15, -0.1) is 0 Å². The van der Waals surface area contributed by atoms with E-state index in [2.05, 4.69) is 5.32 Å². The molecule has 0 heterocycles. The van der Waals surface area contributed by atoms with Crippen LogP contribution in [0, 0.1) is 0 Å². The van der Waals surface area contributed by atoms with Crippen LogP contribution in [0.15, 0.2) is 42.5 Å². The molecule has 0 radical (unpaired) electrons. The van der Waals surface area contributed by atoms with Gasteiger partial charge in [0.1, 0.15) is 5.75 Å². The third kappa shape index (κ3) is 3.98. The average molecular weight is 329 g/mol. The molecule has 128 valence electrons. The summed E-state index contributed by atoms with van der Waals surface area (Å²) >= 11 is 0. The number of rotatable bonds is 7. The molecule has 1 N–H and O–H groups in total. The summed E-state index contributed by atoms with van der Waals surface area (Å²) < 4.78 is 15.7. The first-order valence-corrected chi connectivity index (χ1v) is 7.79. The first-order valence-electron chi connectivity index (χ1n) is 7.79. The molecule has 0 saturated heterocycles. The summed E-state index contributed by atoms with van der Waals surface area (Å²) in [5, 5.41) is 3.05. The van der Waals surface area contributed by atoms with E-state index in [0.29, 0.717) is 17.1 Å². The molecular formula is C19H23NO4. The number of ether oxygens (including phenoxy) is 3. The second kappa shape index (κ2) is 8.24. The maximum absolute atomic E-state index is 12.5. The Morgan fingerprint density at radius 2 is 1.62 bits per heavy atom. The van der Waals surface area contributed by atoms with Gasteiger partial charge in [0.05, 0.1) is 27.4 Å². The van der Waals surface area contributed by atoms with E-state index < -0.39 is 0 Å². The van der Waals surface area contributed by atoms with Gasteiger partial charge in [-0.25, -0.2) is 0 Å². The highest BCUT2D eigenvalue weighted by atomic mass is 16.5. The van der Waals surface area contributed by atoms with Crippen molar-refractivity contribution < 1.29 is 19.0 Å². The van der Waals surface area contributed by atoms with Gasteiger partial charge in [0.15, 0.2) is 11.5 Å². The molecule has 0 aliphatic heterocycles. The zero-order chi connectivity index (χ0) is 17.5. The fraction of sp³-hybridized carbons (Fsp3) is 0.316. The largest absolute Gasteiger partial charge is 0.497 e. The Morgan fingerprint density at radius 3 is 2.17 bits per heavy atom. The SMILES string of the molecule is CC[C@H](NC(=O)c1ccc(OC)cc1)c1ccc(OC)c(OC)c1. The summed E-state index contributed by atoms with van der Waals surface area (Å²) in [6, 6.07) is 12.6. The number of carbonyl (C=O) groups is 1. The normalized spacial score (nSPS) is 11.5. The Balaban J connectivity index is 2.17. The molecule has 2 aromatic rings. The van der Waals surface area contributed by atoms with Crippen molar-refractivity contribution >= 4 is 5.91 Å². The number of amides is 1. The van der Waals surface area contributed by atoms with E-state index in [1.807, 2.05) is 25.1 Å². The van der Waals surface area contributed by atoms with Crippen LogP contribution in [-0.4, -0.2) is 27.2 Å². The van der Waals surface area contributed by atoms with Crippen LogP contribution in [-0.2, 0) is 0 Å². The molecule has 2 aromatic carbocycles. The van der Waals surface area contributed by atoms with E-state index in [9.17, 15) is 4.79 Å². The molecule has 5 heteroatoms. The van der Waals surface area contributed by atoms with Crippen LogP contribution in [0.2, 0.25) is 0 Å². The molecule has 0 saturated carbocycles. The second-order valence-corrected chi connectivity index (χ2v) is 5.28. The van der Waals surface area contributed by atoms with Gasteiger partial charge >= 0.3 is 0 Å². The molecule has 2 rings (SSSR count). The average Bonchev–Trinajstić information content (AvgIpc) is 2.65. The molecular weight excluding hydrogens is 306 g/mol. The van der Waals surface area contributed by atoms with Crippen molar-refractivity contribution in [1.29, 1.82) is 0 Å². The van der Waals surface area contributed by atoms with Crippen molar-refractivity contribution in [2.24, 2.45) is 0 Å². The van der Waals surface area contributed by atoms with Gasteiger partial charge < -0.3 is 19.5 Å². The summed E-state index contributed by atoms with van der Waals surface area (Å²) in [4.78, 5) is 12.5. The summed E-state index contributed by atoms with van der Waals surface area (Å²) in [5.74, 6) is 1.91. The van der Waals surface area contributed by atoms with Crippen LogP contribution in [0.5, 0.6) is 17.2 Å². The highest BCUT2D eigenvalue weighted by Gasteiger charge is 2.16. The van der Waals surface area contributed by atoms with Crippen molar-refractivity contribution in [3.05, 3.63) is 53.6 Å². The van der Waals surface area contributed by atoms with Gasteiger partial charge in [0, 0.05) is 5.56 Å². The van der Waals surface area contributed by atoms with Gasteiger partial charge in [-0.3, -0.25) is 4.79 Å². The highest BCUT2D eigenvalue weighted by molar-refractivity contribution is 5.94. The summed E-state index contributed by atoms with van der Waals surface area (Å²) in [6.45, 7) is 2.02. The van der Waals surface area contributed by atoms with Crippen LogP contribution >= 0.6 is 0 Å². The predicted molar refractivity (Wildman–Crippen MR) is 93.0 cm³/mol. The molecule has 0 aromatic heterocycles.